The molecule has 0 saturated carbocycles. The minimum Gasteiger partial charge on any atom is -0.423 e. The van der Waals surface area contributed by atoms with Gasteiger partial charge in [0.15, 0.2) is 0 Å². The highest BCUT2D eigenvalue weighted by Crippen LogP contribution is 2.13. The first kappa shape index (κ1) is 15.7. The van der Waals surface area contributed by atoms with Gasteiger partial charge in [-0.05, 0) is 30.6 Å². The SMILES string of the molecule is CC(O)CO.OB(O)c1cc(Cl)cc(Cl)c1. The molecule has 0 radical (unpaired) electrons. The number of halogens is 2. The van der Waals surface area contributed by atoms with E-state index in [1.165, 1.54) is 25.1 Å². The van der Waals surface area contributed by atoms with Crippen molar-refractivity contribution < 1.29 is 20.3 Å². The molecule has 1 unspecified atom stereocenters. The predicted molar refractivity (Wildman–Crippen MR) is 65.1 cm³/mol. The number of rotatable bonds is 2. The quantitative estimate of drug-likeness (QED) is 0.570. The summed E-state index contributed by atoms with van der Waals surface area (Å²) in [6, 6.07) is 4.41. The average molecular weight is 267 g/mol. The Morgan fingerprint density at radius 1 is 1.19 bits per heavy atom. The first-order valence-electron chi connectivity index (χ1n) is 4.48. The molecule has 0 saturated heterocycles. The van der Waals surface area contributed by atoms with E-state index in [0.717, 1.165) is 0 Å². The smallest absolute Gasteiger partial charge is 0.423 e. The molecule has 0 aliphatic carbocycles. The molecule has 4 nitrogen and oxygen atoms in total. The predicted octanol–water partition coefficient (Wildman–Crippen LogP) is 0.0327. The van der Waals surface area contributed by atoms with E-state index in [1.54, 1.807) is 0 Å². The van der Waals surface area contributed by atoms with Gasteiger partial charge in [-0.25, -0.2) is 0 Å². The topological polar surface area (TPSA) is 80.9 Å². The summed E-state index contributed by atoms with van der Waals surface area (Å²) in [5, 5.41) is 34.2. The fraction of sp³-hybridized carbons (Fsp3) is 0.333. The lowest BCUT2D eigenvalue weighted by Crippen LogP contribution is -2.29. The van der Waals surface area contributed by atoms with Gasteiger partial charge in [-0.2, -0.15) is 0 Å². The van der Waals surface area contributed by atoms with Gasteiger partial charge in [0.2, 0.25) is 0 Å². The molecule has 0 heterocycles. The lowest BCUT2D eigenvalue weighted by atomic mass is 9.80. The van der Waals surface area contributed by atoms with Crippen LogP contribution in [-0.4, -0.2) is 40.1 Å². The van der Waals surface area contributed by atoms with Gasteiger partial charge in [-0.3, -0.25) is 0 Å². The molecule has 1 aromatic carbocycles. The van der Waals surface area contributed by atoms with Crippen LogP contribution in [0, 0.1) is 0 Å². The maximum atomic E-state index is 8.71. The van der Waals surface area contributed by atoms with Crippen molar-refractivity contribution >= 4 is 35.8 Å². The van der Waals surface area contributed by atoms with Gasteiger partial charge in [-0.15, -0.1) is 0 Å². The van der Waals surface area contributed by atoms with Crippen LogP contribution >= 0.6 is 23.2 Å². The molecule has 1 aromatic rings. The highest BCUT2D eigenvalue weighted by atomic mass is 35.5. The summed E-state index contributed by atoms with van der Waals surface area (Å²) in [6.45, 7) is 1.39. The van der Waals surface area contributed by atoms with Crippen LogP contribution in [0.25, 0.3) is 0 Å². The van der Waals surface area contributed by atoms with E-state index in [9.17, 15) is 0 Å². The van der Waals surface area contributed by atoms with Crippen LogP contribution in [0.4, 0.5) is 0 Å². The third-order valence-electron chi connectivity index (χ3n) is 1.45. The molecule has 0 fully saturated rings. The minimum atomic E-state index is -1.52. The summed E-state index contributed by atoms with van der Waals surface area (Å²) in [5.74, 6) is 0. The summed E-state index contributed by atoms with van der Waals surface area (Å²) >= 11 is 11.2. The number of aliphatic hydroxyl groups excluding tert-OH is 2. The van der Waals surface area contributed by atoms with Crippen molar-refractivity contribution in [1.29, 1.82) is 0 Å². The number of aliphatic hydroxyl groups is 2. The highest BCUT2D eigenvalue weighted by molar-refractivity contribution is 6.59. The molecule has 0 aliphatic heterocycles. The highest BCUT2D eigenvalue weighted by Gasteiger charge is 2.11. The molecule has 0 bridgehead atoms. The Hall–Kier alpha value is -0.295. The molecule has 0 aromatic heterocycles. The van der Waals surface area contributed by atoms with E-state index >= 15 is 0 Å². The molecule has 0 spiro atoms. The van der Waals surface area contributed by atoms with Crippen LogP contribution in [0.5, 0.6) is 0 Å². The summed E-state index contributed by atoms with van der Waals surface area (Å²) < 4.78 is 0. The number of hydrogen-bond donors (Lipinski definition) is 4. The van der Waals surface area contributed by atoms with E-state index in [4.69, 9.17) is 43.5 Å². The van der Waals surface area contributed by atoms with Gasteiger partial charge >= 0.3 is 7.12 Å². The maximum Gasteiger partial charge on any atom is 0.488 e. The largest absolute Gasteiger partial charge is 0.488 e. The van der Waals surface area contributed by atoms with Gasteiger partial charge in [0.1, 0.15) is 0 Å². The molecular formula is C9H13BCl2O4. The Balaban J connectivity index is 0.000000385. The van der Waals surface area contributed by atoms with Crippen molar-refractivity contribution in [3.05, 3.63) is 28.2 Å². The van der Waals surface area contributed by atoms with Crippen LogP contribution in [0.2, 0.25) is 10.0 Å². The average Bonchev–Trinajstić information content (AvgIpc) is 2.17. The molecule has 0 amide bonds. The van der Waals surface area contributed by atoms with Crippen LogP contribution in [0.1, 0.15) is 6.92 Å². The van der Waals surface area contributed by atoms with Crippen molar-refractivity contribution in [3.63, 3.8) is 0 Å². The molecule has 7 heteroatoms. The lowest BCUT2D eigenvalue weighted by Gasteiger charge is -1.99. The second kappa shape index (κ2) is 7.89. The molecule has 16 heavy (non-hydrogen) atoms. The molecule has 4 N–H and O–H groups in total. The van der Waals surface area contributed by atoms with Crippen LogP contribution in [0.15, 0.2) is 18.2 Å². The summed E-state index contributed by atoms with van der Waals surface area (Å²) in [7, 11) is -1.52. The standard InChI is InChI=1S/C6H5BCl2O2.C3H8O2/c8-5-1-4(7(10)11)2-6(9)3-5;1-3(5)2-4/h1-3,10-11H;3-5H,2H2,1H3. The van der Waals surface area contributed by atoms with E-state index in [1.807, 2.05) is 0 Å². The fourth-order valence-electron chi connectivity index (χ4n) is 0.724. The Morgan fingerprint density at radius 2 is 1.56 bits per heavy atom. The summed E-state index contributed by atoms with van der Waals surface area (Å²) in [5.41, 5.74) is 0.294. The number of benzene rings is 1. The Labute approximate surface area is 104 Å². The van der Waals surface area contributed by atoms with Crippen molar-refractivity contribution in [2.24, 2.45) is 0 Å². The van der Waals surface area contributed by atoms with Crippen molar-refractivity contribution in [2.75, 3.05) is 6.61 Å². The van der Waals surface area contributed by atoms with E-state index < -0.39 is 13.2 Å². The molecule has 0 aliphatic rings. The van der Waals surface area contributed by atoms with Crippen LogP contribution in [-0.2, 0) is 0 Å². The van der Waals surface area contributed by atoms with Gasteiger partial charge in [0.25, 0.3) is 0 Å². The number of hydrogen-bond acceptors (Lipinski definition) is 4. The minimum absolute atomic E-state index is 0.139. The van der Waals surface area contributed by atoms with Gasteiger partial charge in [-0.1, -0.05) is 23.2 Å². The zero-order valence-electron chi connectivity index (χ0n) is 8.64. The van der Waals surface area contributed by atoms with E-state index in [2.05, 4.69) is 0 Å². The molecule has 1 atom stereocenters. The van der Waals surface area contributed by atoms with Gasteiger partial charge in [0, 0.05) is 10.0 Å². The Morgan fingerprint density at radius 3 is 1.81 bits per heavy atom. The zero-order chi connectivity index (χ0) is 12.7. The van der Waals surface area contributed by atoms with Crippen LogP contribution in [0.3, 0.4) is 0 Å². The lowest BCUT2D eigenvalue weighted by molar-refractivity contribution is 0.110. The fourth-order valence-corrected chi connectivity index (χ4v) is 1.27. The third kappa shape index (κ3) is 7.06. The monoisotopic (exact) mass is 266 g/mol. The van der Waals surface area contributed by atoms with Crippen molar-refractivity contribution in [1.82, 2.24) is 0 Å². The first-order chi connectivity index (χ1) is 7.36. The normalized spacial score (nSPS) is 11.4. The van der Waals surface area contributed by atoms with Gasteiger partial charge < -0.3 is 20.3 Å². The summed E-state index contributed by atoms with van der Waals surface area (Å²) in [6.07, 6.45) is -0.560. The van der Waals surface area contributed by atoms with E-state index in [0.29, 0.717) is 15.5 Å². The van der Waals surface area contributed by atoms with E-state index in [-0.39, 0.29) is 6.61 Å². The zero-order valence-corrected chi connectivity index (χ0v) is 10.2. The second-order valence-electron chi connectivity index (χ2n) is 3.11. The third-order valence-corrected chi connectivity index (χ3v) is 1.88. The maximum absolute atomic E-state index is 8.71. The van der Waals surface area contributed by atoms with Crippen LogP contribution < -0.4 is 5.46 Å². The first-order valence-corrected chi connectivity index (χ1v) is 5.23. The Bertz CT molecular complexity index is 300. The molecule has 1 rings (SSSR count). The van der Waals surface area contributed by atoms with Crippen molar-refractivity contribution in [2.45, 2.75) is 13.0 Å². The second-order valence-corrected chi connectivity index (χ2v) is 3.98. The summed E-state index contributed by atoms with van der Waals surface area (Å²) in [4.78, 5) is 0. The Kier molecular flexibility index (Phi) is 7.75. The van der Waals surface area contributed by atoms with Gasteiger partial charge in [0.05, 0.1) is 12.7 Å². The molecular weight excluding hydrogens is 254 g/mol. The van der Waals surface area contributed by atoms with Crippen molar-refractivity contribution in [3.8, 4) is 0 Å². The molecule has 90 valence electrons.